The Morgan fingerprint density at radius 2 is 1.91 bits per heavy atom. The van der Waals surface area contributed by atoms with Gasteiger partial charge in [-0.25, -0.2) is 0 Å². The van der Waals surface area contributed by atoms with E-state index in [0.29, 0.717) is 17.4 Å². The van der Waals surface area contributed by atoms with E-state index >= 15 is 0 Å². The molecule has 0 saturated heterocycles. The summed E-state index contributed by atoms with van der Waals surface area (Å²) in [6.45, 7) is 6.68. The van der Waals surface area contributed by atoms with Crippen molar-refractivity contribution in [1.82, 2.24) is 20.0 Å². The zero-order valence-electron chi connectivity index (χ0n) is 20.8. The van der Waals surface area contributed by atoms with Gasteiger partial charge in [-0.1, -0.05) is 57.4 Å². The minimum Gasteiger partial charge on any atom is -0.467 e. The third-order valence-corrected chi connectivity index (χ3v) is 7.49. The van der Waals surface area contributed by atoms with Gasteiger partial charge in [0.1, 0.15) is 17.0 Å². The number of hydrogen-bond acceptors (Lipinski definition) is 4. The zero-order chi connectivity index (χ0) is 24.6. The van der Waals surface area contributed by atoms with Crippen LogP contribution >= 0.6 is 0 Å². The molecule has 0 radical (unpaired) electrons. The normalized spacial score (nSPS) is 20.8. The molecule has 1 aliphatic heterocycles. The van der Waals surface area contributed by atoms with Crippen LogP contribution in [0.15, 0.2) is 53.1 Å². The maximum absolute atomic E-state index is 13.8. The van der Waals surface area contributed by atoms with Gasteiger partial charge in [0, 0.05) is 11.6 Å². The van der Waals surface area contributed by atoms with E-state index in [-0.39, 0.29) is 30.9 Å². The predicted molar refractivity (Wildman–Crippen MR) is 134 cm³/mol. The minimum absolute atomic E-state index is 0.131. The van der Waals surface area contributed by atoms with E-state index in [2.05, 4.69) is 31.3 Å². The number of carbonyl (C=O) groups excluding carboxylic acids is 2. The third-order valence-electron chi connectivity index (χ3n) is 7.49. The smallest absolute Gasteiger partial charge is 0.273 e. The van der Waals surface area contributed by atoms with Gasteiger partial charge in [-0.2, -0.15) is 5.10 Å². The van der Waals surface area contributed by atoms with Crippen molar-refractivity contribution in [3.63, 3.8) is 0 Å². The molecule has 184 valence electrons. The van der Waals surface area contributed by atoms with Gasteiger partial charge in [0.2, 0.25) is 5.91 Å². The highest BCUT2D eigenvalue weighted by molar-refractivity contribution is 6.00. The van der Waals surface area contributed by atoms with Crippen molar-refractivity contribution < 1.29 is 14.0 Å². The van der Waals surface area contributed by atoms with E-state index in [0.717, 1.165) is 36.9 Å². The van der Waals surface area contributed by atoms with Gasteiger partial charge in [0.05, 0.1) is 25.0 Å². The monoisotopic (exact) mass is 474 g/mol. The highest BCUT2D eigenvalue weighted by Gasteiger charge is 2.48. The predicted octanol–water partition coefficient (Wildman–Crippen LogP) is 5.13. The van der Waals surface area contributed by atoms with E-state index in [1.165, 1.54) is 12.0 Å². The summed E-state index contributed by atoms with van der Waals surface area (Å²) in [5.41, 5.74) is 2.35. The first kappa shape index (κ1) is 23.4. The van der Waals surface area contributed by atoms with Crippen LogP contribution in [-0.4, -0.2) is 38.1 Å². The molecule has 1 saturated carbocycles. The van der Waals surface area contributed by atoms with E-state index in [1.807, 2.05) is 31.2 Å². The van der Waals surface area contributed by atoms with Crippen LogP contribution in [0.2, 0.25) is 0 Å². The highest BCUT2D eigenvalue weighted by atomic mass is 16.3. The van der Waals surface area contributed by atoms with E-state index < -0.39 is 5.54 Å². The van der Waals surface area contributed by atoms with Crippen LogP contribution < -0.4 is 5.32 Å². The van der Waals surface area contributed by atoms with Gasteiger partial charge >= 0.3 is 0 Å². The third kappa shape index (κ3) is 4.51. The first-order valence-electron chi connectivity index (χ1n) is 12.7. The van der Waals surface area contributed by atoms with E-state index in [1.54, 1.807) is 21.9 Å². The lowest BCUT2D eigenvalue weighted by Gasteiger charge is -2.43. The van der Waals surface area contributed by atoms with Crippen molar-refractivity contribution in [2.24, 2.45) is 0 Å². The number of nitrogens with one attached hydrogen (secondary N) is 1. The topological polar surface area (TPSA) is 80.4 Å². The van der Waals surface area contributed by atoms with Crippen LogP contribution in [0.5, 0.6) is 0 Å². The maximum Gasteiger partial charge on any atom is 0.273 e. The summed E-state index contributed by atoms with van der Waals surface area (Å²) in [6, 6.07) is 13.9. The number of benzene rings is 1. The molecule has 1 atom stereocenters. The molecule has 35 heavy (non-hydrogen) atoms. The average Bonchev–Trinajstić information content (AvgIpc) is 3.52. The second-order valence-corrected chi connectivity index (χ2v) is 10.4. The van der Waals surface area contributed by atoms with Gasteiger partial charge in [-0.3, -0.25) is 14.3 Å². The fourth-order valence-electron chi connectivity index (χ4n) is 5.22. The SMILES string of the molecule is CC(C)c1ccc(-c2cc3n(n2)C[C@](C)(C(=O)NC2CCCCC2)N(Cc2ccco2)C3=O)cc1. The molecule has 2 aliphatic rings. The molecule has 1 aliphatic carbocycles. The fourth-order valence-corrected chi connectivity index (χ4v) is 5.22. The summed E-state index contributed by atoms with van der Waals surface area (Å²) in [5, 5.41) is 8.01. The molecule has 0 bridgehead atoms. The number of amides is 2. The number of fused-ring (bicyclic) bond motifs is 1. The molecule has 2 aromatic heterocycles. The average molecular weight is 475 g/mol. The Hall–Kier alpha value is -3.35. The van der Waals surface area contributed by atoms with Crippen molar-refractivity contribution in [3.05, 3.63) is 65.7 Å². The lowest BCUT2D eigenvalue weighted by atomic mass is 9.91. The van der Waals surface area contributed by atoms with Crippen LogP contribution in [-0.2, 0) is 17.9 Å². The summed E-state index contributed by atoms with van der Waals surface area (Å²) >= 11 is 0. The van der Waals surface area contributed by atoms with Crippen LogP contribution in [0.3, 0.4) is 0 Å². The van der Waals surface area contributed by atoms with Crippen LogP contribution in [0.25, 0.3) is 11.3 Å². The molecule has 7 heteroatoms. The molecule has 7 nitrogen and oxygen atoms in total. The largest absolute Gasteiger partial charge is 0.467 e. The molecular weight excluding hydrogens is 440 g/mol. The molecule has 0 spiro atoms. The Morgan fingerprint density at radius 3 is 2.57 bits per heavy atom. The second-order valence-electron chi connectivity index (χ2n) is 10.4. The Kier molecular flexibility index (Phi) is 6.26. The Morgan fingerprint density at radius 1 is 1.17 bits per heavy atom. The van der Waals surface area contributed by atoms with Crippen molar-refractivity contribution in [2.75, 3.05) is 0 Å². The first-order valence-corrected chi connectivity index (χ1v) is 12.7. The number of rotatable bonds is 6. The Bertz CT molecular complexity index is 1190. The maximum atomic E-state index is 13.8. The molecule has 2 amide bonds. The molecular formula is C28H34N4O3. The van der Waals surface area contributed by atoms with Gasteiger partial charge in [-0.05, 0) is 49.4 Å². The van der Waals surface area contributed by atoms with Crippen LogP contribution in [0, 0.1) is 0 Å². The molecule has 1 fully saturated rings. The summed E-state index contributed by atoms with van der Waals surface area (Å²) in [4.78, 5) is 29.1. The summed E-state index contributed by atoms with van der Waals surface area (Å²) in [7, 11) is 0. The quantitative estimate of drug-likeness (QED) is 0.537. The van der Waals surface area contributed by atoms with Gasteiger partial charge in [0.15, 0.2) is 0 Å². The first-order chi connectivity index (χ1) is 16.8. The molecule has 0 unspecified atom stereocenters. The van der Waals surface area contributed by atoms with E-state index in [4.69, 9.17) is 9.52 Å². The van der Waals surface area contributed by atoms with Crippen LogP contribution in [0.1, 0.15) is 80.6 Å². The second kappa shape index (κ2) is 9.36. The minimum atomic E-state index is -1.08. The number of carbonyl (C=O) groups is 2. The Balaban J connectivity index is 1.48. The van der Waals surface area contributed by atoms with Crippen LogP contribution in [0.4, 0.5) is 0 Å². The molecule has 5 rings (SSSR count). The summed E-state index contributed by atoms with van der Waals surface area (Å²) < 4.78 is 7.25. The molecule has 3 aromatic rings. The number of hydrogen-bond donors (Lipinski definition) is 1. The lowest BCUT2D eigenvalue weighted by Crippen LogP contribution is -2.64. The zero-order valence-corrected chi connectivity index (χ0v) is 20.8. The fraction of sp³-hybridized carbons (Fsp3) is 0.464. The summed E-state index contributed by atoms with van der Waals surface area (Å²) in [6.07, 6.45) is 7.02. The van der Waals surface area contributed by atoms with Crippen molar-refractivity contribution in [2.45, 2.75) is 83.5 Å². The van der Waals surface area contributed by atoms with Crippen molar-refractivity contribution >= 4 is 11.8 Å². The van der Waals surface area contributed by atoms with Crippen molar-refractivity contribution in [1.29, 1.82) is 0 Å². The molecule has 3 heterocycles. The number of nitrogens with zero attached hydrogens (tertiary/aromatic N) is 3. The van der Waals surface area contributed by atoms with Gasteiger partial charge < -0.3 is 14.6 Å². The highest BCUT2D eigenvalue weighted by Crippen LogP contribution is 2.32. The van der Waals surface area contributed by atoms with Crippen molar-refractivity contribution in [3.8, 4) is 11.3 Å². The molecule has 1 aromatic carbocycles. The molecule has 1 N–H and O–H groups in total. The van der Waals surface area contributed by atoms with Gasteiger partial charge in [0.25, 0.3) is 5.91 Å². The lowest BCUT2D eigenvalue weighted by molar-refractivity contribution is -0.134. The van der Waals surface area contributed by atoms with E-state index in [9.17, 15) is 9.59 Å². The number of aromatic nitrogens is 2. The van der Waals surface area contributed by atoms with Gasteiger partial charge in [-0.15, -0.1) is 0 Å². The Labute approximate surface area is 206 Å². The number of furan rings is 1. The standard InChI is InChI=1S/C28H34N4O3/c1-19(2)20-11-13-21(14-12-20)24-16-25-26(33)31(17-23-10-7-15-35-23)28(3,18-32(25)30-24)27(34)29-22-8-5-4-6-9-22/h7,10-16,19,22H,4-6,8-9,17-18H2,1-3H3,(H,29,34)/t28-/m1/s1. The summed E-state index contributed by atoms with van der Waals surface area (Å²) in [5.74, 6) is 0.742.